The molecule has 7 heteroatoms. The number of halogens is 2. The Morgan fingerprint density at radius 1 is 1.17 bits per heavy atom. The summed E-state index contributed by atoms with van der Waals surface area (Å²) in [6.45, 7) is 8.05. The topological polar surface area (TPSA) is 61.9 Å². The highest BCUT2D eigenvalue weighted by Crippen LogP contribution is 2.45. The minimum atomic E-state index is -0.376. The van der Waals surface area contributed by atoms with Crippen molar-refractivity contribution in [2.24, 2.45) is 0 Å². The van der Waals surface area contributed by atoms with Crippen LogP contribution in [0.15, 0.2) is 41.1 Å². The van der Waals surface area contributed by atoms with E-state index in [9.17, 15) is 10.1 Å². The molecule has 1 aliphatic heterocycles. The summed E-state index contributed by atoms with van der Waals surface area (Å²) in [5, 5.41) is 9.85. The Bertz CT molecular complexity index is 1220. The number of hydrogen-bond acceptors (Lipinski definition) is 3. The first-order valence-corrected chi connectivity index (χ1v) is 10.8. The fourth-order valence-electron chi connectivity index (χ4n) is 4.11. The number of benzene rings is 2. The van der Waals surface area contributed by atoms with E-state index in [2.05, 4.69) is 45.4 Å². The molecule has 0 bridgehead atoms. The second kappa shape index (κ2) is 7.57. The molecule has 0 N–H and O–H groups in total. The normalized spacial score (nSPS) is 15.6. The number of rotatable bonds is 3. The quantitative estimate of drug-likeness (QED) is 0.451. The summed E-state index contributed by atoms with van der Waals surface area (Å²) >= 11 is 9.83. The summed E-state index contributed by atoms with van der Waals surface area (Å²) in [6, 6.07) is 13.0. The summed E-state index contributed by atoms with van der Waals surface area (Å²) in [4.78, 5) is 19.9. The fourth-order valence-corrected chi connectivity index (χ4v) is 5.05. The molecule has 0 aliphatic carbocycles. The number of imidazole rings is 1. The number of aryl methyl sites for hydroxylation is 2. The van der Waals surface area contributed by atoms with Crippen LogP contribution in [-0.2, 0) is 0 Å². The molecule has 1 aliphatic rings. The maximum atomic E-state index is 13.6. The molecule has 30 heavy (non-hydrogen) atoms. The Kier molecular flexibility index (Phi) is 5.21. The van der Waals surface area contributed by atoms with Gasteiger partial charge in [-0.1, -0.05) is 23.7 Å². The van der Waals surface area contributed by atoms with Gasteiger partial charge >= 0.3 is 0 Å². The summed E-state index contributed by atoms with van der Waals surface area (Å²) < 4.78 is 2.68. The molecule has 5 nitrogen and oxygen atoms in total. The third-order valence-corrected chi connectivity index (χ3v) is 6.28. The molecule has 0 spiro atoms. The van der Waals surface area contributed by atoms with Crippen LogP contribution in [0.4, 0.5) is 5.69 Å². The van der Waals surface area contributed by atoms with Gasteiger partial charge in [-0.05, 0) is 84.6 Å². The van der Waals surface area contributed by atoms with Crippen molar-refractivity contribution >= 4 is 39.1 Å². The van der Waals surface area contributed by atoms with Gasteiger partial charge in [-0.25, -0.2) is 4.98 Å². The minimum Gasteiger partial charge on any atom is -0.317 e. The van der Waals surface area contributed by atoms with Gasteiger partial charge in [-0.3, -0.25) is 9.69 Å². The molecule has 0 saturated heterocycles. The van der Waals surface area contributed by atoms with Crippen LogP contribution in [-0.4, -0.2) is 15.5 Å². The van der Waals surface area contributed by atoms with Gasteiger partial charge in [0.05, 0.1) is 17.3 Å². The number of nitriles is 1. The van der Waals surface area contributed by atoms with Gasteiger partial charge in [-0.2, -0.15) is 5.26 Å². The number of carbonyl (C=O) groups is 1. The Balaban J connectivity index is 2.02. The van der Waals surface area contributed by atoms with Crippen LogP contribution in [0, 0.1) is 25.2 Å². The molecule has 1 amide bonds. The van der Waals surface area contributed by atoms with Gasteiger partial charge in [-0.15, -0.1) is 0 Å². The summed E-state index contributed by atoms with van der Waals surface area (Å²) in [5.74, 6) is -0.163. The van der Waals surface area contributed by atoms with Gasteiger partial charge in [0.1, 0.15) is 6.04 Å². The maximum absolute atomic E-state index is 13.6. The highest BCUT2D eigenvalue weighted by atomic mass is 79.9. The van der Waals surface area contributed by atoms with E-state index in [0.29, 0.717) is 21.0 Å². The van der Waals surface area contributed by atoms with E-state index < -0.39 is 0 Å². The lowest BCUT2D eigenvalue weighted by Gasteiger charge is -2.30. The van der Waals surface area contributed by atoms with Crippen molar-refractivity contribution < 1.29 is 4.79 Å². The first-order valence-electron chi connectivity index (χ1n) is 9.62. The standard InChI is InChI=1S/C23H20BrClN4O/c1-12(2)28-21-19(27-23(28)24)22(30)29(18-10-16(25)7-5-13(18)3)20(21)17-8-6-15(11-26)9-14(17)4/h5-10,12,20H,1-4H3. The van der Waals surface area contributed by atoms with E-state index in [4.69, 9.17) is 11.6 Å². The Labute approximate surface area is 189 Å². The minimum absolute atomic E-state index is 0.102. The molecule has 152 valence electrons. The predicted molar refractivity (Wildman–Crippen MR) is 121 cm³/mol. The number of carbonyl (C=O) groups excluding carboxylic acids is 1. The highest BCUT2D eigenvalue weighted by Gasteiger charge is 2.45. The molecule has 3 aromatic rings. The van der Waals surface area contributed by atoms with Gasteiger partial charge in [0.2, 0.25) is 0 Å². The van der Waals surface area contributed by atoms with Crippen molar-refractivity contribution in [1.82, 2.24) is 9.55 Å². The van der Waals surface area contributed by atoms with Crippen LogP contribution in [0.2, 0.25) is 5.02 Å². The van der Waals surface area contributed by atoms with Crippen molar-refractivity contribution in [3.05, 3.63) is 79.8 Å². The zero-order valence-electron chi connectivity index (χ0n) is 17.1. The zero-order valence-corrected chi connectivity index (χ0v) is 19.4. The van der Waals surface area contributed by atoms with Crippen LogP contribution in [0.3, 0.4) is 0 Å². The molecule has 0 saturated carbocycles. The molecule has 1 unspecified atom stereocenters. The molecule has 1 atom stereocenters. The van der Waals surface area contributed by atoms with Gasteiger partial charge in [0.15, 0.2) is 10.4 Å². The summed E-state index contributed by atoms with van der Waals surface area (Å²) in [6.07, 6.45) is 0. The van der Waals surface area contributed by atoms with Crippen LogP contribution in [0.5, 0.6) is 0 Å². The molecule has 2 heterocycles. The molecular weight excluding hydrogens is 464 g/mol. The van der Waals surface area contributed by atoms with E-state index >= 15 is 0 Å². The summed E-state index contributed by atoms with van der Waals surface area (Å²) in [5.41, 5.74) is 5.46. The zero-order chi connectivity index (χ0) is 21.7. The van der Waals surface area contributed by atoms with Crippen molar-refractivity contribution in [2.45, 2.75) is 39.8 Å². The number of hydrogen-bond donors (Lipinski definition) is 0. The predicted octanol–water partition coefficient (Wildman–Crippen LogP) is 6.12. The third kappa shape index (κ3) is 3.13. The van der Waals surface area contributed by atoms with Gasteiger partial charge in [0, 0.05) is 16.8 Å². The number of anilines is 1. The number of nitrogens with zero attached hydrogens (tertiary/aromatic N) is 4. The molecule has 4 rings (SSSR count). The van der Waals surface area contributed by atoms with Crippen LogP contribution >= 0.6 is 27.5 Å². The Morgan fingerprint density at radius 3 is 2.53 bits per heavy atom. The highest BCUT2D eigenvalue weighted by molar-refractivity contribution is 9.10. The Morgan fingerprint density at radius 2 is 1.90 bits per heavy atom. The van der Waals surface area contributed by atoms with E-state index in [1.807, 2.05) is 44.2 Å². The Hall–Kier alpha value is -2.62. The number of aromatic nitrogens is 2. The van der Waals surface area contributed by atoms with Crippen molar-refractivity contribution in [2.75, 3.05) is 4.90 Å². The average Bonchev–Trinajstić information content (AvgIpc) is 3.17. The van der Waals surface area contributed by atoms with Crippen molar-refractivity contribution in [3.63, 3.8) is 0 Å². The SMILES string of the molecule is Cc1cc(C#N)ccc1C1c2c(nc(Br)n2C(C)C)C(=O)N1c1cc(Cl)ccc1C. The van der Waals surface area contributed by atoms with Crippen LogP contribution in [0.1, 0.15) is 64.4 Å². The molecule has 0 radical (unpaired) electrons. The van der Waals surface area contributed by atoms with Crippen LogP contribution in [0.25, 0.3) is 0 Å². The molecule has 1 aromatic heterocycles. The smallest absolute Gasteiger partial charge is 0.279 e. The van der Waals surface area contributed by atoms with E-state index in [0.717, 1.165) is 28.1 Å². The third-order valence-electron chi connectivity index (χ3n) is 5.48. The lowest BCUT2D eigenvalue weighted by Crippen LogP contribution is -2.31. The lowest BCUT2D eigenvalue weighted by molar-refractivity contribution is 0.0989. The van der Waals surface area contributed by atoms with Gasteiger partial charge < -0.3 is 4.57 Å². The number of fused-ring (bicyclic) bond motifs is 1. The van der Waals surface area contributed by atoms with E-state index in [1.165, 1.54) is 0 Å². The number of amides is 1. The molecule has 2 aromatic carbocycles. The second-order valence-electron chi connectivity index (χ2n) is 7.77. The molecular formula is C23H20BrClN4O. The van der Waals surface area contributed by atoms with Crippen LogP contribution < -0.4 is 4.90 Å². The monoisotopic (exact) mass is 482 g/mol. The average molecular weight is 484 g/mol. The van der Waals surface area contributed by atoms with Crippen molar-refractivity contribution in [3.8, 4) is 6.07 Å². The van der Waals surface area contributed by atoms with Gasteiger partial charge in [0.25, 0.3) is 5.91 Å². The summed E-state index contributed by atoms with van der Waals surface area (Å²) in [7, 11) is 0. The lowest BCUT2D eigenvalue weighted by atomic mass is 9.96. The second-order valence-corrected chi connectivity index (χ2v) is 8.92. The first kappa shape index (κ1) is 20.6. The van der Waals surface area contributed by atoms with E-state index in [-0.39, 0.29) is 18.0 Å². The largest absolute Gasteiger partial charge is 0.317 e. The van der Waals surface area contributed by atoms with E-state index in [1.54, 1.807) is 11.0 Å². The maximum Gasteiger partial charge on any atom is 0.279 e. The van der Waals surface area contributed by atoms with Crippen molar-refractivity contribution in [1.29, 1.82) is 5.26 Å². The fraction of sp³-hybridized carbons (Fsp3) is 0.261. The first-order chi connectivity index (χ1) is 14.2. The molecule has 0 fully saturated rings.